The van der Waals surface area contributed by atoms with Gasteiger partial charge in [0.1, 0.15) is 17.3 Å². The Bertz CT molecular complexity index is 1230. The maximum Gasteiger partial charge on any atom is 0.427 e. The highest BCUT2D eigenvalue weighted by molar-refractivity contribution is 7.93. The number of carbonyl (C=O) groups is 1. The molecular formula is C20H22ClF3N4O5S. The predicted molar refractivity (Wildman–Crippen MR) is 117 cm³/mol. The number of benzene rings is 1. The van der Waals surface area contributed by atoms with E-state index in [1.54, 1.807) is 4.68 Å². The van der Waals surface area contributed by atoms with Gasteiger partial charge in [-0.2, -0.15) is 18.3 Å². The molecule has 0 fully saturated rings. The largest absolute Gasteiger partial charge is 0.489 e. The van der Waals surface area contributed by atoms with E-state index in [1.807, 2.05) is 0 Å². The molecule has 1 aromatic carbocycles. The number of halogens is 4. The molecule has 4 rings (SSSR count). The minimum atomic E-state index is -4.77. The molecule has 2 aliphatic heterocycles. The van der Waals surface area contributed by atoms with Crippen molar-refractivity contribution in [3.8, 4) is 5.75 Å². The van der Waals surface area contributed by atoms with Crippen LogP contribution in [-0.4, -0.2) is 49.2 Å². The van der Waals surface area contributed by atoms with E-state index in [0.29, 0.717) is 18.7 Å². The van der Waals surface area contributed by atoms with Crippen molar-refractivity contribution < 1.29 is 35.9 Å². The number of hydrogen-bond donors (Lipinski definition) is 1. The predicted octanol–water partition coefficient (Wildman–Crippen LogP) is 4.35. The van der Waals surface area contributed by atoms with Gasteiger partial charge in [-0.1, -0.05) is 11.6 Å². The molecule has 0 radical (unpaired) electrons. The van der Waals surface area contributed by atoms with Crippen molar-refractivity contribution in [2.45, 2.75) is 56.3 Å². The van der Waals surface area contributed by atoms with Crippen molar-refractivity contribution >= 4 is 39.1 Å². The molecule has 0 unspecified atom stereocenters. The summed E-state index contributed by atoms with van der Waals surface area (Å²) in [5, 5.41) is 6.24. The minimum absolute atomic E-state index is 0.0237. The molecule has 2 aliphatic rings. The SMILES string of the molecule is CC(C)(OC(=O)Nc1ccc2c(c1)N(S(=O)(=O)c1c(Cl)nn3c1CCCC3)CCO2)C(F)(F)F. The number of alkyl halides is 3. The van der Waals surface area contributed by atoms with E-state index >= 15 is 0 Å². The van der Waals surface area contributed by atoms with Crippen LogP contribution in [-0.2, 0) is 27.7 Å². The van der Waals surface area contributed by atoms with E-state index in [4.69, 9.17) is 16.3 Å². The summed E-state index contributed by atoms with van der Waals surface area (Å²) in [4.78, 5) is 12.0. The Morgan fingerprint density at radius 2 is 1.97 bits per heavy atom. The first-order valence-electron chi connectivity index (χ1n) is 10.4. The van der Waals surface area contributed by atoms with Crippen molar-refractivity contribution in [2.75, 3.05) is 22.8 Å². The molecule has 1 amide bonds. The third-order valence-corrected chi connectivity index (χ3v) is 7.89. The molecule has 1 N–H and O–H groups in total. The van der Waals surface area contributed by atoms with Gasteiger partial charge in [-0.3, -0.25) is 14.3 Å². The molecule has 0 spiro atoms. The van der Waals surface area contributed by atoms with Crippen molar-refractivity contribution in [3.05, 3.63) is 29.0 Å². The molecular weight excluding hydrogens is 501 g/mol. The molecule has 0 atom stereocenters. The number of carbonyl (C=O) groups excluding carboxylic acids is 1. The summed E-state index contributed by atoms with van der Waals surface area (Å²) in [6.07, 6.45) is -3.95. The van der Waals surface area contributed by atoms with Crippen LogP contribution in [0.4, 0.5) is 29.3 Å². The topological polar surface area (TPSA) is 103 Å². The molecule has 186 valence electrons. The third-order valence-electron chi connectivity index (χ3n) is 5.61. The van der Waals surface area contributed by atoms with Crippen LogP contribution >= 0.6 is 11.6 Å². The van der Waals surface area contributed by atoms with Crippen molar-refractivity contribution in [3.63, 3.8) is 0 Å². The van der Waals surface area contributed by atoms with Gasteiger partial charge in [-0.15, -0.1) is 0 Å². The second-order valence-electron chi connectivity index (χ2n) is 8.38. The average Bonchev–Trinajstić information content (AvgIpc) is 3.08. The number of aryl methyl sites for hydroxylation is 1. The van der Waals surface area contributed by atoms with Crippen LogP contribution in [0.15, 0.2) is 23.1 Å². The molecule has 3 heterocycles. The van der Waals surface area contributed by atoms with E-state index in [1.165, 1.54) is 18.2 Å². The van der Waals surface area contributed by atoms with E-state index in [-0.39, 0.29) is 40.3 Å². The Hall–Kier alpha value is -2.67. The van der Waals surface area contributed by atoms with Crippen molar-refractivity contribution in [1.29, 1.82) is 0 Å². The number of fused-ring (bicyclic) bond motifs is 2. The lowest BCUT2D eigenvalue weighted by Gasteiger charge is -2.31. The van der Waals surface area contributed by atoms with Crippen LogP contribution in [0.5, 0.6) is 5.75 Å². The molecule has 0 saturated carbocycles. The number of hydrogen-bond acceptors (Lipinski definition) is 6. The Kier molecular flexibility index (Phi) is 6.13. The second kappa shape index (κ2) is 8.52. The number of sulfonamides is 1. The lowest BCUT2D eigenvalue weighted by Crippen LogP contribution is -2.44. The zero-order valence-corrected chi connectivity index (χ0v) is 19.9. The van der Waals surface area contributed by atoms with Gasteiger partial charge in [0.05, 0.1) is 17.9 Å². The van der Waals surface area contributed by atoms with Crippen LogP contribution < -0.4 is 14.4 Å². The fourth-order valence-electron chi connectivity index (χ4n) is 3.75. The summed E-state index contributed by atoms with van der Waals surface area (Å²) in [5.41, 5.74) is -2.07. The van der Waals surface area contributed by atoms with E-state index < -0.39 is 27.9 Å². The fraction of sp³-hybridized carbons (Fsp3) is 0.500. The van der Waals surface area contributed by atoms with Gasteiger partial charge in [0, 0.05) is 12.2 Å². The van der Waals surface area contributed by atoms with Crippen LogP contribution in [0.25, 0.3) is 0 Å². The molecule has 0 bridgehead atoms. The average molecular weight is 523 g/mol. The molecule has 2 aromatic rings. The molecule has 9 nitrogen and oxygen atoms in total. The van der Waals surface area contributed by atoms with Crippen molar-refractivity contribution in [1.82, 2.24) is 9.78 Å². The Labute approximate surface area is 198 Å². The molecule has 1 aromatic heterocycles. The smallest absolute Gasteiger partial charge is 0.427 e. The summed E-state index contributed by atoms with van der Waals surface area (Å²) in [5.74, 6) is 0.224. The summed E-state index contributed by atoms with van der Waals surface area (Å²) in [6, 6.07) is 4.07. The van der Waals surface area contributed by atoms with Crippen LogP contribution in [0.1, 0.15) is 32.4 Å². The maximum absolute atomic E-state index is 13.6. The van der Waals surface area contributed by atoms with E-state index in [0.717, 1.165) is 31.0 Å². The van der Waals surface area contributed by atoms with Gasteiger partial charge in [0.2, 0.25) is 5.60 Å². The molecule has 34 heavy (non-hydrogen) atoms. The lowest BCUT2D eigenvalue weighted by atomic mass is 10.1. The first-order valence-corrected chi connectivity index (χ1v) is 12.2. The zero-order valence-electron chi connectivity index (χ0n) is 18.3. The number of rotatable bonds is 4. The van der Waals surface area contributed by atoms with Crippen molar-refractivity contribution in [2.24, 2.45) is 0 Å². The first-order chi connectivity index (χ1) is 15.8. The normalized spacial score (nSPS) is 16.4. The second-order valence-corrected chi connectivity index (χ2v) is 10.5. The Morgan fingerprint density at radius 1 is 1.24 bits per heavy atom. The Morgan fingerprint density at radius 3 is 2.68 bits per heavy atom. The van der Waals surface area contributed by atoms with Gasteiger partial charge < -0.3 is 9.47 Å². The van der Waals surface area contributed by atoms with Gasteiger partial charge >= 0.3 is 12.3 Å². The van der Waals surface area contributed by atoms with Crippen LogP contribution in [0.2, 0.25) is 5.15 Å². The van der Waals surface area contributed by atoms with Crippen LogP contribution in [0.3, 0.4) is 0 Å². The summed E-state index contributed by atoms with van der Waals surface area (Å²) < 4.78 is 79.1. The number of nitrogens with zero attached hydrogens (tertiary/aromatic N) is 3. The monoisotopic (exact) mass is 522 g/mol. The van der Waals surface area contributed by atoms with Gasteiger partial charge in [0.15, 0.2) is 5.15 Å². The number of anilines is 2. The van der Waals surface area contributed by atoms with Gasteiger partial charge in [0.25, 0.3) is 10.0 Å². The Balaban J connectivity index is 1.64. The van der Waals surface area contributed by atoms with Gasteiger partial charge in [-0.05, 0) is 51.3 Å². The fourth-order valence-corrected chi connectivity index (χ4v) is 5.94. The highest BCUT2D eigenvalue weighted by Gasteiger charge is 2.51. The zero-order chi connectivity index (χ0) is 24.9. The maximum atomic E-state index is 13.6. The number of nitrogens with one attached hydrogen (secondary N) is 1. The highest BCUT2D eigenvalue weighted by atomic mass is 35.5. The van der Waals surface area contributed by atoms with Gasteiger partial charge in [-0.25, -0.2) is 13.2 Å². The lowest BCUT2D eigenvalue weighted by molar-refractivity contribution is -0.242. The first kappa shape index (κ1) is 24.5. The summed E-state index contributed by atoms with van der Waals surface area (Å²) >= 11 is 6.23. The number of aromatic nitrogens is 2. The minimum Gasteiger partial charge on any atom is -0.489 e. The third kappa shape index (κ3) is 4.38. The van der Waals surface area contributed by atoms with E-state index in [9.17, 15) is 26.4 Å². The standard InChI is InChI=1S/C20H22ClF3N4O5S/c1-19(2,20(22,23)24)33-18(29)25-12-6-7-15-14(11-12)28(9-10-32-15)34(30,31)16-13-5-3-4-8-27(13)26-17(16)21/h6-7,11H,3-5,8-10H2,1-2H3,(H,25,29). The highest BCUT2D eigenvalue weighted by Crippen LogP contribution is 2.40. The van der Waals surface area contributed by atoms with Crippen LogP contribution in [0, 0.1) is 0 Å². The summed E-state index contributed by atoms with van der Waals surface area (Å²) in [7, 11) is -4.15. The molecule has 0 saturated heterocycles. The number of ether oxygens (including phenoxy) is 2. The molecule has 14 heteroatoms. The van der Waals surface area contributed by atoms with E-state index in [2.05, 4.69) is 15.2 Å². The molecule has 0 aliphatic carbocycles. The summed E-state index contributed by atoms with van der Waals surface area (Å²) in [6.45, 7) is 2.04. The quantitative estimate of drug-likeness (QED) is 0.640. The number of amides is 1.